The van der Waals surface area contributed by atoms with Crippen LogP contribution in [0.4, 0.5) is 5.69 Å². The van der Waals surface area contributed by atoms with E-state index < -0.39 is 0 Å². The highest BCUT2D eigenvalue weighted by Gasteiger charge is 2.42. The number of nitrogens with zero attached hydrogens (tertiary/aromatic N) is 2. The monoisotopic (exact) mass is 373 g/mol. The van der Waals surface area contributed by atoms with Gasteiger partial charge in [-0.15, -0.1) is 0 Å². The van der Waals surface area contributed by atoms with Crippen molar-refractivity contribution in [3.05, 3.63) is 78.1 Å². The lowest BCUT2D eigenvalue weighted by Gasteiger charge is -2.46. The fraction of sp³-hybridized carbons (Fsp3) is 0.261. The zero-order valence-electron chi connectivity index (χ0n) is 15.9. The molecule has 28 heavy (non-hydrogen) atoms. The summed E-state index contributed by atoms with van der Waals surface area (Å²) in [6.07, 6.45) is 3.86. The smallest absolute Gasteiger partial charge is 0.257 e. The number of piperidine rings is 1. The number of carbonyl (C=O) groups excluding carboxylic acids is 1. The van der Waals surface area contributed by atoms with E-state index in [2.05, 4.69) is 52.5 Å². The third kappa shape index (κ3) is 2.50. The topological polar surface area (TPSA) is 46.5 Å². The largest absolute Gasteiger partial charge is 0.496 e. The number of aromatic nitrogens is 1. The van der Waals surface area contributed by atoms with Gasteiger partial charge < -0.3 is 19.5 Å². The van der Waals surface area contributed by atoms with E-state index in [-0.39, 0.29) is 11.4 Å². The SMILES string of the molecule is COc1ccccc1C(=O)N1CCC2(CC1)Nc1ccccc1-n1cccc12. The summed E-state index contributed by atoms with van der Waals surface area (Å²) in [7, 11) is 1.61. The molecule has 0 saturated carbocycles. The predicted octanol–water partition coefficient (Wildman–Crippen LogP) is 4.04. The first-order chi connectivity index (χ1) is 13.7. The van der Waals surface area contributed by atoms with Crippen LogP contribution < -0.4 is 10.1 Å². The molecule has 142 valence electrons. The Balaban J connectivity index is 1.41. The van der Waals surface area contributed by atoms with E-state index in [1.807, 2.05) is 29.2 Å². The third-order valence-electron chi connectivity index (χ3n) is 6.02. The number of hydrogen-bond acceptors (Lipinski definition) is 3. The van der Waals surface area contributed by atoms with Gasteiger partial charge in [0.25, 0.3) is 5.91 Å². The Labute approximate surface area is 164 Å². The summed E-state index contributed by atoms with van der Waals surface area (Å²) in [4.78, 5) is 15.0. The number of methoxy groups -OCH3 is 1. The Morgan fingerprint density at radius 2 is 1.75 bits per heavy atom. The van der Waals surface area contributed by atoms with E-state index in [0.29, 0.717) is 24.4 Å². The Hall–Kier alpha value is -3.21. The van der Waals surface area contributed by atoms with Gasteiger partial charge in [-0.2, -0.15) is 0 Å². The van der Waals surface area contributed by atoms with Gasteiger partial charge in [-0.3, -0.25) is 4.79 Å². The van der Waals surface area contributed by atoms with Crippen molar-refractivity contribution in [1.29, 1.82) is 0 Å². The molecule has 0 atom stereocenters. The Bertz CT molecular complexity index is 1030. The summed E-state index contributed by atoms with van der Waals surface area (Å²) < 4.78 is 7.66. The van der Waals surface area contributed by atoms with E-state index in [4.69, 9.17) is 4.74 Å². The zero-order chi connectivity index (χ0) is 19.1. The number of rotatable bonds is 2. The van der Waals surface area contributed by atoms with Crippen molar-refractivity contribution in [3.8, 4) is 11.4 Å². The van der Waals surface area contributed by atoms with Crippen LogP contribution in [-0.2, 0) is 5.54 Å². The van der Waals surface area contributed by atoms with Gasteiger partial charge in [0.15, 0.2) is 0 Å². The number of hydrogen-bond donors (Lipinski definition) is 1. The number of amides is 1. The fourth-order valence-corrected chi connectivity index (χ4v) is 4.56. The summed E-state index contributed by atoms with van der Waals surface area (Å²) >= 11 is 0. The van der Waals surface area contributed by atoms with Gasteiger partial charge in [0.05, 0.1) is 29.6 Å². The number of nitrogens with one attached hydrogen (secondary N) is 1. The van der Waals surface area contributed by atoms with Crippen molar-refractivity contribution in [2.24, 2.45) is 0 Å². The van der Waals surface area contributed by atoms with E-state index >= 15 is 0 Å². The van der Waals surface area contributed by atoms with E-state index in [1.165, 1.54) is 11.4 Å². The van der Waals surface area contributed by atoms with Crippen molar-refractivity contribution >= 4 is 11.6 Å². The molecule has 1 fully saturated rings. The fourth-order valence-electron chi connectivity index (χ4n) is 4.56. The van der Waals surface area contributed by atoms with E-state index in [1.54, 1.807) is 7.11 Å². The first kappa shape index (κ1) is 16.9. The highest BCUT2D eigenvalue weighted by molar-refractivity contribution is 5.97. The number of anilines is 1. The molecule has 0 radical (unpaired) electrons. The van der Waals surface area contributed by atoms with Crippen molar-refractivity contribution in [2.45, 2.75) is 18.4 Å². The van der Waals surface area contributed by atoms with Crippen LogP contribution in [0.15, 0.2) is 66.9 Å². The molecule has 5 heteroatoms. The number of para-hydroxylation sites is 3. The molecule has 3 aromatic rings. The predicted molar refractivity (Wildman–Crippen MR) is 109 cm³/mol. The molecule has 2 aliphatic heterocycles. The van der Waals surface area contributed by atoms with Crippen LogP contribution in [0.25, 0.3) is 5.69 Å². The van der Waals surface area contributed by atoms with Crippen LogP contribution in [0.5, 0.6) is 5.75 Å². The highest BCUT2D eigenvalue weighted by atomic mass is 16.5. The van der Waals surface area contributed by atoms with Crippen LogP contribution in [-0.4, -0.2) is 35.6 Å². The summed E-state index contributed by atoms with van der Waals surface area (Å²) in [5.41, 5.74) is 4.09. The third-order valence-corrected chi connectivity index (χ3v) is 6.02. The van der Waals surface area contributed by atoms with Gasteiger partial charge in [-0.1, -0.05) is 24.3 Å². The average molecular weight is 373 g/mol. The Kier molecular flexibility index (Phi) is 3.90. The molecule has 3 heterocycles. The molecule has 1 aromatic heterocycles. The zero-order valence-corrected chi connectivity index (χ0v) is 15.9. The van der Waals surface area contributed by atoms with E-state index in [0.717, 1.165) is 18.5 Å². The lowest BCUT2D eigenvalue weighted by molar-refractivity contribution is 0.0673. The second kappa shape index (κ2) is 6.44. The minimum absolute atomic E-state index is 0.0406. The molecule has 1 spiro atoms. The lowest BCUT2D eigenvalue weighted by atomic mass is 9.82. The number of likely N-dealkylation sites (tertiary alicyclic amines) is 1. The summed E-state index contributed by atoms with van der Waals surface area (Å²) in [5, 5.41) is 3.79. The molecular weight excluding hydrogens is 350 g/mol. The Morgan fingerprint density at radius 1 is 1.00 bits per heavy atom. The van der Waals surface area contributed by atoms with Crippen molar-refractivity contribution in [1.82, 2.24) is 9.47 Å². The Morgan fingerprint density at radius 3 is 2.57 bits per heavy atom. The maximum absolute atomic E-state index is 13.1. The molecule has 0 aliphatic carbocycles. The van der Waals surface area contributed by atoms with Crippen molar-refractivity contribution < 1.29 is 9.53 Å². The van der Waals surface area contributed by atoms with Crippen molar-refractivity contribution in [2.75, 3.05) is 25.5 Å². The second-order valence-electron chi connectivity index (χ2n) is 7.48. The molecule has 1 saturated heterocycles. The molecule has 5 nitrogen and oxygen atoms in total. The quantitative estimate of drug-likeness (QED) is 0.737. The van der Waals surface area contributed by atoms with Crippen LogP contribution in [0, 0.1) is 0 Å². The molecule has 2 aromatic carbocycles. The van der Waals surface area contributed by atoms with Gasteiger partial charge in [0.1, 0.15) is 5.75 Å². The minimum atomic E-state index is -0.143. The standard InChI is InChI=1S/C23H23N3O2/c1-28-20-10-5-2-7-17(20)22(27)25-15-12-23(13-16-25)21-11-6-14-26(21)19-9-4-3-8-18(19)24-23/h2-11,14,24H,12-13,15-16H2,1H3. The summed E-state index contributed by atoms with van der Waals surface area (Å²) in [5.74, 6) is 0.672. The summed E-state index contributed by atoms with van der Waals surface area (Å²) in [6.45, 7) is 1.41. The van der Waals surface area contributed by atoms with E-state index in [9.17, 15) is 4.79 Å². The average Bonchev–Trinajstić information content (AvgIpc) is 3.25. The molecule has 5 rings (SSSR count). The molecular formula is C23H23N3O2. The van der Waals surface area contributed by atoms with Gasteiger partial charge in [-0.25, -0.2) is 0 Å². The first-order valence-corrected chi connectivity index (χ1v) is 9.70. The molecule has 0 bridgehead atoms. The highest BCUT2D eigenvalue weighted by Crippen LogP contribution is 2.43. The van der Waals surface area contributed by atoms with Gasteiger partial charge in [0.2, 0.25) is 0 Å². The first-order valence-electron chi connectivity index (χ1n) is 9.70. The van der Waals surface area contributed by atoms with Crippen LogP contribution in [0.2, 0.25) is 0 Å². The normalized spacial score (nSPS) is 16.8. The molecule has 2 aliphatic rings. The maximum Gasteiger partial charge on any atom is 0.257 e. The minimum Gasteiger partial charge on any atom is -0.496 e. The number of ether oxygens (including phenoxy) is 1. The molecule has 1 N–H and O–H groups in total. The van der Waals surface area contributed by atoms with Gasteiger partial charge in [-0.05, 0) is 49.2 Å². The number of carbonyl (C=O) groups is 1. The molecule has 0 unspecified atom stereocenters. The van der Waals surface area contributed by atoms with Gasteiger partial charge >= 0.3 is 0 Å². The second-order valence-corrected chi connectivity index (χ2v) is 7.48. The van der Waals surface area contributed by atoms with Crippen molar-refractivity contribution in [3.63, 3.8) is 0 Å². The molecule has 1 amide bonds. The van der Waals surface area contributed by atoms with Crippen LogP contribution >= 0.6 is 0 Å². The van der Waals surface area contributed by atoms with Crippen LogP contribution in [0.1, 0.15) is 28.9 Å². The maximum atomic E-state index is 13.1. The lowest BCUT2D eigenvalue weighted by Crippen LogP contribution is -2.51. The summed E-state index contributed by atoms with van der Waals surface area (Å²) in [6, 6.07) is 20.1. The van der Waals surface area contributed by atoms with Crippen LogP contribution in [0.3, 0.4) is 0 Å². The number of benzene rings is 2. The van der Waals surface area contributed by atoms with Gasteiger partial charge in [0, 0.05) is 25.0 Å². The number of fused-ring (bicyclic) bond motifs is 4.